The first-order valence-electron chi connectivity index (χ1n) is 13.2. The molecule has 0 amide bonds. The Bertz CT molecular complexity index is 2140. The van der Waals surface area contributed by atoms with Gasteiger partial charge in [-0.3, -0.25) is 20.2 Å². The molecule has 45 heavy (non-hydrogen) atoms. The van der Waals surface area contributed by atoms with Crippen molar-refractivity contribution in [3.8, 4) is 5.75 Å². The highest BCUT2D eigenvalue weighted by atomic mass is 32.2. The summed E-state index contributed by atoms with van der Waals surface area (Å²) in [5, 5.41) is 24.3. The highest BCUT2D eigenvalue weighted by Gasteiger charge is 2.31. The van der Waals surface area contributed by atoms with Gasteiger partial charge in [-0.15, -0.1) is 22.7 Å². The molecule has 6 aromatic rings. The number of hydrogen-bond acceptors (Lipinski definition) is 11. The summed E-state index contributed by atoms with van der Waals surface area (Å²) in [4.78, 5) is 29.5. The number of aryl methyl sites for hydroxylation is 1. The molecule has 0 N–H and O–H groups in total. The number of fused-ring (bicyclic) bond motifs is 2. The molecule has 0 fully saturated rings. The first-order chi connectivity index (χ1) is 21.6. The Morgan fingerprint density at radius 2 is 1.27 bits per heavy atom. The van der Waals surface area contributed by atoms with Gasteiger partial charge >= 0.3 is 10.1 Å². The third kappa shape index (κ3) is 6.33. The summed E-state index contributed by atoms with van der Waals surface area (Å²) in [7, 11) is -4.85. The van der Waals surface area contributed by atoms with Gasteiger partial charge in [0.25, 0.3) is 11.4 Å². The third-order valence-electron chi connectivity index (χ3n) is 6.53. The Morgan fingerprint density at radius 1 is 0.733 bits per heavy atom. The fourth-order valence-corrected chi connectivity index (χ4v) is 7.41. The van der Waals surface area contributed by atoms with E-state index in [9.17, 15) is 28.6 Å². The van der Waals surface area contributed by atoms with Gasteiger partial charge in [-0.1, -0.05) is 24.3 Å². The van der Waals surface area contributed by atoms with E-state index in [-0.39, 0.29) is 5.75 Å². The van der Waals surface area contributed by atoms with Crippen LogP contribution < -0.4 is 4.18 Å². The average Bonchev–Trinajstić information content (AvgIpc) is 3.63. The van der Waals surface area contributed by atoms with Gasteiger partial charge in [-0.25, -0.2) is 9.97 Å². The maximum absolute atomic E-state index is 13.6. The summed E-state index contributed by atoms with van der Waals surface area (Å²) < 4.78 is 34.8. The Kier molecular flexibility index (Phi) is 7.93. The maximum atomic E-state index is 13.6. The molecule has 2 aromatic heterocycles. The van der Waals surface area contributed by atoms with Gasteiger partial charge in [0, 0.05) is 17.2 Å². The summed E-state index contributed by atoms with van der Waals surface area (Å²) in [5.74, 6) is -0.0945. The van der Waals surface area contributed by atoms with Gasteiger partial charge in [0.05, 0.1) is 36.3 Å². The highest BCUT2D eigenvalue weighted by molar-refractivity contribution is 7.87. The van der Waals surface area contributed by atoms with E-state index in [1.54, 1.807) is 36.4 Å². The zero-order valence-corrected chi connectivity index (χ0v) is 25.6. The van der Waals surface area contributed by atoms with Crippen molar-refractivity contribution >= 4 is 88.9 Å². The normalized spacial score (nSPS) is 12.0. The Hall–Kier alpha value is -5.31. The van der Waals surface area contributed by atoms with E-state index in [1.165, 1.54) is 22.7 Å². The van der Waals surface area contributed by atoms with Crippen molar-refractivity contribution in [2.75, 3.05) is 0 Å². The van der Waals surface area contributed by atoms with Crippen molar-refractivity contribution < 1.29 is 22.4 Å². The first kappa shape index (κ1) is 29.7. The van der Waals surface area contributed by atoms with Gasteiger partial charge in [0.1, 0.15) is 10.0 Å². The van der Waals surface area contributed by atoms with E-state index >= 15 is 0 Å². The molecule has 0 aliphatic heterocycles. The molecular weight excluding hydrogens is 637 g/mol. The Morgan fingerprint density at radius 3 is 1.76 bits per heavy atom. The summed E-state index contributed by atoms with van der Waals surface area (Å²) in [6.07, 6.45) is 6.78. The zero-order chi connectivity index (χ0) is 31.7. The second-order valence-electron chi connectivity index (χ2n) is 9.68. The monoisotopic (exact) mass is 656 g/mol. The number of non-ortho nitro benzene ring substituents is 1. The number of nitro benzene ring substituents is 2. The summed E-state index contributed by atoms with van der Waals surface area (Å²) in [6, 6.07) is 20.9. The van der Waals surface area contributed by atoms with E-state index in [0.717, 1.165) is 38.1 Å². The fourth-order valence-electron chi connectivity index (χ4n) is 4.55. The van der Waals surface area contributed by atoms with E-state index in [4.69, 9.17) is 4.18 Å². The largest absolute Gasteiger partial charge is 0.377 e. The van der Waals surface area contributed by atoms with Crippen LogP contribution in [-0.2, 0) is 10.1 Å². The van der Waals surface area contributed by atoms with Crippen molar-refractivity contribution in [3.63, 3.8) is 0 Å². The minimum Gasteiger partial charge on any atom is -0.377 e. The fraction of sp³-hybridized carbons (Fsp3) is 0.0323. The number of nitrogens with zero attached hydrogens (tertiary/aromatic N) is 4. The lowest BCUT2D eigenvalue weighted by atomic mass is 10.0. The number of hydrogen-bond donors (Lipinski definition) is 0. The number of benzene rings is 4. The zero-order valence-electron chi connectivity index (χ0n) is 23.2. The lowest BCUT2D eigenvalue weighted by Gasteiger charge is -2.14. The van der Waals surface area contributed by atoms with Crippen LogP contribution >= 0.6 is 22.7 Å². The van der Waals surface area contributed by atoms with Crippen LogP contribution in [0.2, 0.25) is 0 Å². The number of rotatable bonds is 9. The Labute approximate surface area is 263 Å². The van der Waals surface area contributed by atoms with Crippen LogP contribution in [0.5, 0.6) is 5.75 Å². The predicted octanol–water partition coefficient (Wildman–Crippen LogP) is 8.14. The summed E-state index contributed by atoms with van der Waals surface area (Å²) >= 11 is 2.90. The molecule has 2 heterocycles. The standard InChI is InChI=1S/C31H20N4O7S3/c1-19-16-20(10-14-29-32-23-6-2-4-8-26(23)43-29)31(21(17-19)11-15-30-33-24-7-3-5-9-27(24)44-30)42-45(40,41)28-13-12-22(34(36)37)18-25(28)35(38)39/h2-18H,1H3/b14-10+,15-11+. The summed E-state index contributed by atoms with van der Waals surface area (Å²) in [5.41, 5.74) is 1.54. The topological polar surface area (TPSA) is 155 Å². The van der Waals surface area contributed by atoms with Gasteiger partial charge in [0.15, 0.2) is 10.6 Å². The van der Waals surface area contributed by atoms with Crippen LogP contribution in [0.25, 0.3) is 44.7 Å². The smallest absolute Gasteiger partial charge is 0.346 e. The average molecular weight is 657 g/mol. The molecule has 224 valence electrons. The van der Waals surface area contributed by atoms with Crippen LogP contribution in [-0.4, -0.2) is 28.2 Å². The molecule has 14 heteroatoms. The van der Waals surface area contributed by atoms with Crippen LogP contribution in [0.15, 0.2) is 83.8 Å². The minimum atomic E-state index is -4.85. The molecule has 0 aliphatic rings. The first-order valence-corrected chi connectivity index (χ1v) is 16.2. The van der Waals surface area contributed by atoms with Crippen molar-refractivity contribution in [3.05, 3.63) is 126 Å². The lowest BCUT2D eigenvalue weighted by molar-refractivity contribution is -0.396. The second kappa shape index (κ2) is 12.0. The molecule has 0 spiro atoms. The Balaban J connectivity index is 1.46. The van der Waals surface area contributed by atoms with Gasteiger partial charge in [0.2, 0.25) is 0 Å². The van der Waals surface area contributed by atoms with E-state index in [1.807, 2.05) is 55.5 Å². The SMILES string of the molecule is Cc1cc(/C=C/c2nc3ccccc3s2)c(OS(=O)(=O)c2ccc([N+](=O)[O-])cc2[N+](=O)[O-])c(/C=C/c2nc3ccccc3s2)c1. The van der Waals surface area contributed by atoms with Crippen molar-refractivity contribution in [2.24, 2.45) is 0 Å². The van der Waals surface area contributed by atoms with E-state index < -0.39 is 36.2 Å². The molecule has 6 rings (SSSR count). The molecule has 11 nitrogen and oxygen atoms in total. The molecular formula is C31H20N4O7S3. The van der Waals surface area contributed by atoms with Crippen molar-refractivity contribution in [2.45, 2.75) is 11.8 Å². The second-order valence-corrected chi connectivity index (χ2v) is 13.3. The van der Waals surface area contributed by atoms with Crippen LogP contribution in [0.4, 0.5) is 11.4 Å². The molecule has 0 radical (unpaired) electrons. The molecule has 0 saturated carbocycles. The molecule has 0 unspecified atom stereocenters. The lowest BCUT2D eigenvalue weighted by Crippen LogP contribution is -2.14. The van der Waals surface area contributed by atoms with E-state index in [0.29, 0.717) is 27.2 Å². The number of aromatic nitrogens is 2. The molecule has 4 aromatic carbocycles. The predicted molar refractivity (Wildman–Crippen MR) is 176 cm³/mol. The number of thiazole rings is 2. The molecule has 0 bridgehead atoms. The number of para-hydroxylation sites is 2. The quantitative estimate of drug-likeness (QED) is 0.0851. The van der Waals surface area contributed by atoms with Gasteiger partial charge in [-0.05, 0) is 79.3 Å². The van der Waals surface area contributed by atoms with Crippen molar-refractivity contribution in [1.82, 2.24) is 9.97 Å². The minimum absolute atomic E-state index is 0.0945. The maximum Gasteiger partial charge on any atom is 0.346 e. The molecule has 0 aliphatic carbocycles. The van der Waals surface area contributed by atoms with Crippen LogP contribution in [0.1, 0.15) is 26.7 Å². The van der Waals surface area contributed by atoms with Gasteiger partial charge in [-0.2, -0.15) is 8.42 Å². The van der Waals surface area contributed by atoms with Crippen LogP contribution in [0.3, 0.4) is 0 Å². The van der Waals surface area contributed by atoms with Gasteiger partial charge < -0.3 is 4.18 Å². The summed E-state index contributed by atoms with van der Waals surface area (Å²) in [6.45, 7) is 1.84. The number of nitro groups is 2. The van der Waals surface area contributed by atoms with Crippen molar-refractivity contribution in [1.29, 1.82) is 0 Å². The molecule has 0 atom stereocenters. The van der Waals surface area contributed by atoms with Crippen LogP contribution in [0, 0.1) is 27.2 Å². The third-order valence-corrected chi connectivity index (χ3v) is 9.81. The highest BCUT2D eigenvalue weighted by Crippen LogP contribution is 2.36. The van der Waals surface area contributed by atoms with E-state index in [2.05, 4.69) is 9.97 Å². The molecule has 0 saturated heterocycles.